The van der Waals surface area contributed by atoms with E-state index in [1.165, 1.54) is 17.1 Å². The van der Waals surface area contributed by atoms with E-state index in [0.717, 1.165) is 11.3 Å². The number of carbonyl (C=O) groups excluding carboxylic acids is 1. The van der Waals surface area contributed by atoms with E-state index in [9.17, 15) is 4.79 Å². The molecule has 0 unspecified atom stereocenters. The minimum absolute atomic E-state index is 0.0425. The molecule has 1 aliphatic heterocycles. The van der Waals surface area contributed by atoms with Crippen LogP contribution < -0.4 is 10.1 Å². The minimum Gasteiger partial charge on any atom is -0.497 e. The Balaban J connectivity index is 1.56. The molecule has 0 bridgehead atoms. The highest BCUT2D eigenvalue weighted by atomic mass is 32.2. The van der Waals surface area contributed by atoms with E-state index in [-0.39, 0.29) is 5.91 Å². The van der Waals surface area contributed by atoms with E-state index in [1.807, 2.05) is 59.9 Å². The quantitative estimate of drug-likeness (QED) is 0.885. The number of rotatable bonds is 5. The van der Waals surface area contributed by atoms with Gasteiger partial charge >= 0.3 is 0 Å². The van der Waals surface area contributed by atoms with Crippen molar-refractivity contribution in [3.63, 3.8) is 0 Å². The van der Waals surface area contributed by atoms with Gasteiger partial charge in [-0.25, -0.2) is 0 Å². The van der Waals surface area contributed by atoms with Crippen LogP contribution in [0.25, 0.3) is 0 Å². The Morgan fingerprint density at radius 3 is 2.35 bits per heavy atom. The first-order valence-electron chi connectivity index (χ1n) is 7.50. The number of nitrogens with one attached hydrogen (secondary N) is 1. The second kappa shape index (κ2) is 7.79. The molecule has 1 heterocycles. The van der Waals surface area contributed by atoms with E-state index in [2.05, 4.69) is 17.4 Å². The van der Waals surface area contributed by atoms with Crippen molar-refractivity contribution in [3.05, 3.63) is 65.2 Å². The van der Waals surface area contributed by atoms with Gasteiger partial charge in [-0.1, -0.05) is 24.3 Å². The fourth-order valence-corrected chi connectivity index (χ4v) is 5.23. The highest BCUT2D eigenvalue weighted by molar-refractivity contribution is 8.19. The molecule has 3 nitrogen and oxygen atoms in total. The molecular weight excluding hydrogens is 326 g/mol. The zero-order chi connectivity index (χ0) is 16.1. The van der Waals surface area contributed by atoms with Crippen LogP contribution in [0, 0.1) is 0 Å². The molecule has 2 aromatic rings. The summed E-state index contributed by atoms with van der Waals surface area (Å²) < 4.78 is 5.65. The lowest BCUT2D eigenvalue weighted by molar-refractivity contribution is 0.0951. The van der Waals surface area contributed by atoms with Gasteiger partial charge in [0.15, 0.2) is 0 Å². The molecule has 0 aromatic heterocycles. The molecule has 3 rings (SSSR count). The van der Waals surface area contributed by atoms with Gasteiger partial charge in [-0.05, 0) is 35.4 Å². The molecule has 120 valence electrons. The lowest BCUT2D eigenvalue weighted by Gasteiger charge is -2.10. The molecule has 1 aliphatic rings. The molecular formula is C18H19NO2S2. The molecule has 0 spiro atoms. The highest BCUT2D eigenvalue weighted by Crippen LogP contribution is 2.45. The third kappa shape index (κ3) is 4.24. The summed E-state index contributed by atoms with van der Waals surface area (Å²) >= 11 is 3.94. The Kier molecular flexibility index (Phi) is 5.51. The van der Waals surface area contributed by atoms with Crippen molar-refractivity contribution >= 4 is 29.4 Å². The zero-order valence-corrected chi connectivity index (χ0v) is 14.6. The van der Waals surface area contributed by atoms with Gasteiger partial charge in [0.2, 0.25) is 0 Å². The maximum Gasteiger partial charge on any atom is 0.251 e. The molecule has 0 atom stereocenters. The topological polar surface area (TPSA) is 38.3 Å². The van der Waals surface area contributed by atoms with Crippen molar-refractivity contribution in [2.45, 2.75) is 11.1 Å². The second-order valence-corrected chi connectivity index (χ2v) is 7.95. The summed E-state index contributed by atoms with van der Waals surface area (Å²) in [5.41, 5.74) is 3.05. The Labute approximate surface area is 145 Å². The Bertz CT molecular complexity index is 650. The third-order valence-corrected chi connectivity index (χ3v) is 6.78. The van der Waals surface area contributed by atoms with Crippen molar-refractivity contribution < 1.29 is 9.53 Å². The van der Waals surface area contributed by atoms with Crippen LogP contribution >= 0.6 is 23.5 Å². The van der Waals surface area contributed by atoms with Crippen molar-refractivity contribution in [2.75, 3.05) is 18.6 Å². The van der Waals surface area contributed by atoms with E-state index >= 15 is 0 Å². The van der Waals surface area contributed by atoms with Crippen LogP contribution in [0.1, 0.15) is 26.1 Å². The minimum atomic E-state index is -0.0425. The number of benzene rings is 2. The molecule has 0 radical (unpaired) electrons. The number of methoxy groups -OCH3 is 1. The summed E-state index contributed by atoms with van der Waals surface area (Å²) in [5, 5.41) is 2.95. The number of thioether (sulfide) groups is 2. The van der Waals surface area contributed by atoms with Gasteiger partial charge in [0, 0.05) is 23.6 Å². The van der Waals surface area contributed by atoms with Crippen LogP contribution in [-0.2, 0) is 6.54 Å². The van der Waals surface area contributed by atoms with Crippen LogP contribution in [0.3, 0.4) is 0 Å². The summed E-state index contributed by atoms with van der Waals surface area (Å²) in [6.45, 7) is 0.513. The first kappa shape index (κ1) is 16.3. The van der Waals surface area contributed by atoms with Crippen LogP contribution in [-0.4, -0.2) is 24.5 Å². The lowest BCUT2D eigenvalue weighted by Crippen LogP contribution is -2.22. The Morgan fingerprint density at radius 2 is 1.74 bits per heavy atom. The van der Waals surface area contributed by atoms with E-state index < -0.39 is 0 Å². The van der Waals surface area contributed by atoms with E-state index in [4.69, 9.17) is 4.74 Å². The van der Waals surface area contributed by atoms with Gasteiger partial charge in [-0.2, -0.15) is 0 Å². The largest absolute Gasteiger partial charge is 0.497 e. The van der Waals surface area contributed by atoms with Crippen molar-refractivity contribution in [3.8, 4) is 5.75 Å². The number of carbonyl (C=O) groups is 1. The van der Waals surface area contributed by atoms with E-state index in [1.54, 1.807) is 7.11 Å². The summed E-state index contributed by atoms with van der Waals surface area (Å²) in [7, 11) is 1.64. The van der Waals surface area contributed by atoms with Gasteiger partial charge in [0.25, 0.3) is 5.91 Å². The molecule has 23 heavy (non-hydrogen) atoms. The maximum absolute atomic E-state index is 12.2. The maximum atomic E-state index is 12.2. The van der Waals surface area contributed by atoms with Crippen LogP contribution in [0.5, 0.6) is 5.75 Å². The molecule has 2 aromatic carbocycles. The standard InChI is InChI=1S/C18H19NO2S2/c1-21-16-8-2-13(3-9-16)12-19-17(20)14-4-6-15(7-5-14)18-22-10-11-23-18/h2-9,18H,10-12H2,1H3,(H,19,20). The molecule has 1 fully saturated rings. The normalized spacial score (nSPS) is 14.7. The Morgan fingerprint density at radius 1 is 1.09 bits per heavy atom. The van der Waals surface area contributed by atoms with Gasteiger partial charge in [-0.3, -0.25) is 4.79 Å². The summed E-state index contributed by atoms with van der Waals surface area (Å²) in [6, 6.07) is 15.7. The van der Waals surface area contributed by atoms with E-state index in [0.29, 0.717) is 16.7 Å². The highest BCUT2D eigenvalue weighted by Gasteiger charge is 2.18. The number of hydrogen-bond acceptors (Lipinski definition) is 4. The smallest absolute Gasteiger partial charge is 0.251 e. The van der Waals surface area contributed by atoms with Crippen LogP contribution in [0.2, 0.25) is 0 Å². The second-order valence-electron chi connectivity index (χ2n) is 5.23. The first-order valence-corrected chi connectivity index (χ1v) is 9.60. The number of hydrogen-bond donors (Lipinski definition) is 1. The third-order valence-electron chi connectivity index (χ3n) is 3.68. The predicted octanol–water partition coefficient (Wildman–Crippen LogP) is 4.10. The Hall–Kier alpha value is -1.59. The monoisotopic (exact) mass is 345 g/mol. The summed E-state index contributed by atoms with van der Waals surface area (Å²) in [6.07, 6.45) is 0. The van der Waals surface area contributed by atoms with Gasteiger partial charge in [-0.15, -0.1) is 23.5 Å². The molecule has 1 saturated heterocycles. The first-order chi connectivity index (χ1) is 11.3. The summed E-state index contributed by atoms with van der Waals surface area (Å²) in [5.74, 6) is 3.19. The molecule has 5 heteroatoms. The zero-order valence-electron chi connectivity index (χ0n) is 13.0. The SMILES string of the molecule is COc1ccc(CNC(=O)c2ccc(C3SCCS3)cc2)cc1. The number of ether oxygens (including phenoxy) is 1. The van der Waals surface area contributed by atoms with Gasteiger partial charge in [0.1, 0.15) is 5.75 Å². The molecule has 1 amide bonds. The number of amides is 1. The van der Waals surface area contributed by atoms with Crippen LogP contribution in [0.4, 0.5) is 0 Å². The van der Waals surface area contributed by atoms with Gasteiger partial charge in [0.05, 0.1) is 11.7 Å². The lowest BCUT2D eigenvalue weighted by atomic mass is 10.1. The average Bonchev–Trinajstić information content (AvgIpc) is 3.15. The average molecular weight is 345 g/mol. The van der Waals surface area contributed by atoms with Crippen molar-refractivity contribution in [1.29, 1.82) is 0 Å². The van der Waals surface area contributed by atoms with Crippen LogP contribution in [0.15, 0.2) is 48.5 Å². The molecule has 0 aliphatic carbocycles. The fraction of sp³-hybridized carbons (Fsp3) is 0.278. The van der Waals surface area contributed by atoms with Crippen molar-refractivity contribution in [2.24, 2.45) is 0 Å². The van der Waals surface area contributed by atoms with Gasteiger partial charge < -0.3 is 10.1 Å². The fourth-order valence-electron chi connectivity index (χ4n) is 2.37. The predicted molar refractivity (Wildman–Crippen MR) is 98.3 cm³/mol. The summed E-state index contributed by atoms with van der Waals surface area (Å²) in [4.78, 5) is 12.2. The molecule has 1 N–H and O–H groups in total. The van der Waals surface area contributed by atoms with Crippen molar-refractivity contribution in [1.82, 2.24) is 5.32 Å². The molecule has 0 saturated carbocycles.